The molecule has 1 unspecified atom stereocenters. The van der Waals surface area contributed by atoms with Crippen LogP contribution in [0, 0.1) is 0 Å². The second-order valence-electron chi connectivity index (χ2n) is 5.75. The molecule has 0 saturated heterocycles. The number of benzene rings is 1. The molecule has 20 heavy (non-hydrogen) atoms. The molecule has 1 aliphatic carbocycles. The first-order valence-corrected chi connectivity index (χ1v) is 8.60. The fourth-order valence-corrected chi connectivity index (χ4v) is 4.18. The third-order valence-electron chi connectivity index (χ3n) is 3.89. The molecule has 1 aliphatic heterocycles. The summed E-state index contributed by atoms with van der Waals surface area (Å²) in [6, 6.07) is 5.96. The molecule has 0 aromatic heterocycles. The van der Waals surface area contributed by atoms with Gasteiger partial charge in [0, 0.05) is 18.6 Å². The predicted octanol–water partition coefficient (Wildman–Crippen LogP) is 1.46. The van der Waals surface area contributed by atoms with Crippen LogP contribution < -0.4 is 14.8 Å². The maximum absolute atomic E-state index is 12.4. The summed E-state index contributed by atoms with van der Waals surface area (Å²) in [5, 5.41) is 0. The molecule has 1 atom stereocenters. The summed E-state index contributed by atoms with van der Waals surface area (Å²) in [5.41, 5.74) is 8.83. The Morgan fingerprint density at radius 2 is 2.15 bits per heavy atom. The molecule has 1 aromatic rings. The summed E-state index contributed by atoms with van der Waals surface area (Å²) in [6.45, 7) is 2.49. The first kappa shape index (κ1) is 13.9. The predicted molar refractivity (Wildman–Crippen MR) is 79.8 cm³/mol. The summed E-state index contributed by atoms with van der Waals surface area (Å²) in [6.07, 6.45) is 3.65. The van der Waals surface area contributed by atoms with E-state index < -0.39 is 10.2 Å². The first-order valence-electron chi connectivity index (χ1n) is 7.16. The molecule has 3 N–H and O–H groups in total. The molecule has 0 spiro atoms. The molecule has 0 bridgehead atoms. The molecular weight excluding hydrogens is 274 g/mol. The Morgan fingerprint density at radius 1 is 1.40 bits per heavy atom. The number of nitrogens with zero attached hydrogens (tertiary/aromatic N) is 1. The zero-order valence-corrected chi connectivity index (χ0v) is 12.5. The van der Waals surface area contributed by atoms with Gasteiger partial charge in [-0.15, -0.1) is 0 Å². The van der Waals surface area contributed by atoms with Crippen LogP contribution in [0.1, 0.15) is 43.4 Å². The molecule has 1 heterocycles. The molecule has 1 fully saturated rings. The summed E-state index contributed by atoms with van der Waals surface area (Å²) < 4.78 is 29.1. The highest BCUT2D eigenvalue weighted by Crippen LogP contribution is 2.32. The minimum Gasteiger partial charge on any atom is -0.324 e. The monoisotopic (exact) mass is 295 g/mol. The molecule has 0 radical (unpaired) electrons. The Hall–Kier alpha value is -1.11. The molecule has 0 amide bonds. The van der Waals surface area contributed by atoms with E-state index in [1.807, 2.05) is 25.1 Å². The Bertz CT molecular complexity index is 609. The molecule has 110 valence electrons. The van der Waals surface area contributed by atoms with Crippen LogP contribution in [0.15, 0.2) is 18.2 Å². The van der Waals surface area contributed by atoms with Crippen LogP contribution in [-0.4, -0.2) is 21.0 Å². The Kier molecular flexibility index (Phi) is 3.48. The van der Waals surface area contributed by atoms with Crippen molar-refractivity contribution < 1.29 is 8.42 Å². The van der Waals surface area contributed by atoms with E-state index in [1.165, 1.54) is 4.31 Å². The Balaban J connectivity index is 1.93. The molecule has 2 aliphatic rings. The van der Waals surface area contributed by atoms with Gasteiger partial charge in [0.15, 0.2) is 0 Å². The number of hydrogen-bond donors (Lipinski definition) is 2. The number of hydrogen-bond acceptors (Lipinski definition) is 3. The smallest absolute Gasteiger partial charge is 0.301 e. The van der Waals surface area contributed by atoms with E-state index in [-0.39, 0.29) is 12.1 Å². The van der Waals surface area contributed by atoms with Crippen LogP contribution in [0.5, 0.6) is 0 Å². The van der Waals surface area contributed by atoms with Gasteiger partial charge >= 0.3 is 10.2 Å². The van der Waals surface area contributed by atoms with Gasteiger partial charge in [-0.1, -0.05) is 12.1 Å². The second-order valence-corrected chi connectivity index (χ2v) is 7.38. The van der Waals surface area contributed by atoms with Crippen molar-refractivity contribution in [1.29, 1.82) is 0 Å². The highest BCUT2D eigenvalue weighted by atomic mass is 32.2. The zero-order valence-electron chi connectivity index (χ0n) is 11.7. The second kappa shape index (κ2) is 5.02. The van der Waals surface area contributed by atoms with E-state index in [1.54, 1.807) is 0 Å². The van der Waals surface area contributed by atoms with Crippen molar-refractivity contribution in [1.82, 2.24) is 4.72 Å². The van der Waals surface area contributed by atoms with Crippen molar-refractivity contribution >= 4 is 15.9 Å². The highest BCUT2D eigenvalue weighted by Gasteiger charge is 2.33. The van der Waals surface area contributed by atoms with Gasteiger partial charge in [0.05, 0.1) is 5.69 Å². The van der Waals surface area contributed by atoms with Crippen LogP contribution in [0.2, 0.25) is 0 Å². The van der Waals surface area contributed by atoms with Gasteiger partial charge in [-0.05, 0) is 49.8 Å². The van der Waals surface area contributed by atoms with Crippen molar-refractivity contribution in [3.05, 3.63) is 29.3 Å². The lowest BCUT2D eigenvalue weighted by molar-refractivity contribution is 0.571. The first-order chi connectivity index (χ1) is 9.47. The number of anilines is 1. The van der Waals surface area contributed by atoms with Crippen molar-refractivity contribution in [3.8, 4) is 0 Å². The van der Waals surface area contributed by atoms with E-state index >= 15 is 0 Å². The van der Waals surface area contributed by atoms with Crippen LogP contribution >= 0.6 is 0 Å². The maximum atomic E-state index is 12.4. The van der Waals surface area contributed by atoms with E-state index in [0.29, 0.717) is 6.54 Å². The van der Waals surface area contributed by atoms with Gasteiger partial charge in [-0.3, -0.25) is 4.31 Å². The number of nitrogens with one attached hydrogen (secondary N) is 1. The van der Waals surface area contributed by atoms with Gasteiger partial charge < -0.3 is 5.73 Å². The number of aryl methyl sites for hydroxylation is 1. The highest BCUT2D eigenvalue weighted by molar-refractivity contribution is 7.90. The van der Waals surface area contributed by atoms with Gasteiger partial charge in [0.2, 0.25) is 0 Å². The average Bonchev–Trinajstić information content (AvgIpc) is 3.20. The van der Waals surface area contributed by atoms with Crippen molar-refractivity contribution in [2.24, 2.45) is 5.73 Å². The summed E-state index contributed by atoms with van der Waals surface area (Å²) in [7, 11) is -3.41. The fourth-order valence-electron chi connectivity index (χ4n) is 2.59. The lowest BCUT2D eigenvalue weighted by Crippen LogP contribution is -2.44. The average molecular weight is 295 g/mol. The van der Waals surface area contributed by atoms with Crippen LogP contribution in [0.4, 0.5) is 5.69 Å². The van der Waals surface area contributed by atoms with Gasteiger partial charge in [-0.2, -0.15) is 13.1 Å². The molecule has 3 rings (SSSR count). The quantitative estimate of drug-likeness (QED) is 0.883. The summed E-state index contributed by atoms with van der Waals surface area (Å²) in [5.74, 6) is 0. The minimum absolute atomic E-state index is 0.0307. The Morgan fingerprint density at radius 3 is 2.80 bits per heavy atom. The fraction of sp³-hybridized carbons (Fsp3) is 0.571. The van der Waals surface area contributed by atoms with Gasteiger partial charge in [0.1, 0.15) is 0 Å². The van der Waals surface area contributed by atoms with Crippen molar-refractivity contribution in [2.45, 2.75) is 44.7 Å². The minimum atomic E-state index is -3.41. The van der Waals surface area contributed by atoms with Crippen LogP contribution in [0.3, 0.4) is 0 Å². The van der Waals surface area contributed by atoms with Gasteiger partial charge in [-0.25, -0.2) is 0 Å². The number of nitrogens with two attached hydrogens (primary N) is 1. The molecule has 6 heteroatoms. The lowest BCUT2D eigenvalue weighted by atomic mass is 9.98. The van der Waals surface area contributed by atoms with Crippen LogP contribution in [-0.2, 0) is 16.6 Å². The molecule has 1 saturated carbocycles. The summed E-state index contributed by atoms with van der Waals surface area (Å²) in [4.78, 5) is 0. The van der Waals surface area contributed by atoms with Crippen molar-refractivity contribution in [3.63, 3.8) is 0 Å². The SMILES string of the molecule is CC(N)c1ccc2c(c1)CCCN2S(=O)(=O)NC1CC1. The topological polar surface area (TPSA) is 75.4 Å². The van der Waals surface area contributed by atoms with Crippen LogP contribution in [0.25, 0.3) is 0 Å². The van der Waals surface area contributed by atoms with E-state index in [0.717, 1.165) is 42.5 Å². The zero-order chi connectivity index (χ0) is 14.3. The Labute approximate surface area is 120 Å². The van der Waals surface area contributed by atoms with Crippen molar-refractivity contribution in [2.75, 3.05) is 10.8 Å². The number of fused-ring (bicyclic) bond motifs is 1. The maximum Gasteiger partial charge on any atom is 0.301 e. The molecule has 5 nitrogen and oxygen atoms in total. The molecule has 1 aromatic carbocycles. The standard InChI is InChI=1S/C14H21N3O2S/c1-10(15)11-4-7-14-12(9-11)3-2-8-17(14)20(18,19)16-13-5-6-13/h4,7,9-10,13,16H,2-3,5-6,8,15H2,1H3. The third-order valence-corrected chi connectivity index (χ3v) is 5.48. The lowest BCUT2D eigenvalue weighted by Gasteiger charge is -2.31. The summed E-state index contributed by atoms with van der Waals surface area (Å²) >= 11 is 0. The van der Waals surface area contributed by atoms with E-state index in [2.05, 4.69) is 4.72 Å². The third kappa shape index (κ3) is 2.68. The number of rotatable bonds is 4. The normalized spacial score (nSPS) is 20.6. The molecular formula is C14H21N3O2S. The van der Waals surface area contributed by atoms with Gasteiger partial charge in [0.25, 0.3) is 0 Å². The largest absolute Gasteiger partial charge is 0.324 e. The van der Waals surface area contributed by atoms with E-state index in [4.69, 9.17) is 5.73 Å². The van der Waals surface area contributed by atoms with E-state index in [9.17, 15) is 8.42 Å².